The molecule has 0 fully saturated rings. The molecule has 0 aliphatic heterocycles. The van der Waals surface area contributed by atoms with Crippen molar-refractivity contribution < 1.29 is 9.53 Å². The predicted molar refractivity (Wildman–Crippen MR) is 121 cm³/mol. The first-order valence-corrected chi connectivity index (χ1v) is 10.4. The number of aromatic amines is 1. The summed E-state index contributed by atoms with van der Waals surface area (Å²) < 4.78 is 5.54. The van der Waals surface area contributed by atoms with Gasteiger partial charge >= 0.3 is 0 Å². The fourth-order valence-electron chi connectivity index (χ4n) is 3.72. The number of anilines is 1. The molecule has 0 radical (unpaired) electrons. The number of aromatic nitrogens is 2. The zero-order valence-electron chi connectivity index (χ0n) is 17.9. The standard InChI is InChI=1S/C24H30N4O2/c1-4-28(5-2)22(14-11-18-9-7-6-8-10-18)24(29)27-20-12-13-21(23(15-20)30-3)19-16-25-26-17-19/h6-10,12-13,15-17,22H,4-5,11,14H2,1-3H3,(H,25,26)(H,27,29). The van der Waals surface area contributed by atoms with Crippen molar-refractivity contribution in [2.75, 3.05) is 25.5 Å². The van der Waals surface area contributed by atoms with Crippen LogP contribution in [0.15, 0.2) is 60.9 Å². The Bertz CT molecular complexity index is 922. The van der Waals surface area contributed by atoms with Gasteiger partial charge in [-0.25, -0.2) is 0 Å². The van der Waals surface area contributed by atoms with Crippen molar-refractivity contribution in [3.63, 3.8) is 0 Å². The van der Waals surface area contributed by atoms with E-state index in [2.05, 4.69) is 46.4 Å². The number of carbonyl (C=O) groups excluding carboxylic acids is 1. The highest BCUT2D eigenvalue weighted by molar-refractivity contribution is 5.95. The third-order valence-electron chi connectivity index (χ3n) is 5.38. The number of amides is 1. The van der Waals surface area contributed by atoms with Gasteiger partial charge in [0.2, 0.25) is 5.91 Å². The fourth-order valence-corrected chi connectivity index (χ4v) is 3.72. The number of ether oxygens (including phenoxy) is 1. The molecule has 1 heterocycles. The van der Waals surface area contributed by atoms with Gasteiger partial charge in [-0.2, -0.15) is 5.10 Å². The van der Waals surface area contributed by atoms with Crippen molar-refractivity contribution in [2.24, 2.45) is 0 Å². The van der Waals surface area contributed by atoms with Gasteiger partial charge in [-0.1, -0.05) is 44.2 Å². The highest BCUT2D eigenvalue weighted by atomic mass is 16.5. The van der Waals surface area contributed by atoms with Crippen LogP contribution >= 0.6 is 0 Å². The Kier molecular flexibility index (Phi) is 7.63. The second-order valence-electron chi connectivity index (χ2n) is 7.15. The molecule has 2 aromatic carbocycles. The summed E-state index contributed by atoms with van der Waals surface area (Å²) in [6, 6.07) is 15.8. The molecular weight excluding hydrogens is 376 g/mol. The van der Waals surface area contributed by atoms with Crippen LogP contribution in [0, 0.1) is 0 Å². The fraction of sp³-hybridized carbons (Fsp3) is 0.333. The van der Waals surface area contributed by atoms with Crippen LogP contribution in [0.2, 0.25) is 0 Å². The molecule has 1 unspecified atom stereocenters. The first kappa shape index (κ1) is 21.6. The van der Waals surface area contributed by atoms with Crippen molar-refractivity contribution in [1.82, 2.24) is 15.1 Å². The number of hydrogen-bond donors (Lipinski definition) is 2. The van der Waals surface area contributed by atoms with Gasteiger partial charge < -0.3 is 10.1 Å². The van der Waals surface area contributed by atoms with Gasteiger partial charge in [0.05, 0.1) is 19.3 Å². The molecule has 3 rings (SSSR count). The maximum absolute atomic E-state index is 13.2. The quantitative estimate of drug-likeness (QED) is 0.525. The van der Waals surface area contributed by atoms with E-state index in [1.807, 2.05) is 42.6 Å². The molecule has 3 aromatic rings. The minimum absolute atomic E-state index is 0.00717. The minimum Gasteiger partial charge on any atom is -0.496 e. The number of benzene rings is 2. The number of methoxy groups -OCH3 is 1. The van der Waals surface area contributed by atoms with Crippen molar-refractivity contribution >= 4 is 11.6 Å². The van der Waals surface area contributed by atoms with E-state index >= 15 is 0 Å². The molecule has 2 N–H and O–H groups in total. The van der Waals surface area contributed by atoms with Crippen LogP contribution in [0.25, 0.3) is 11.1 Å². The Labute approximate surface area is 178 Å². The molecule has 0 bridgehead atoms. The average Bonchev–Trinajstić information content (AvgIpc) is 3.32. The second kappa shape index (κ2) is 10.6. The van der Waals surface area contributed by atoms with E-state index in [9.17, 15) is 4.79 Å². The molecule has 0 aliphatic rings. The summed E-state index contributed by atoms with van der Waals surface area (Å²) in [5, 5.41) is 9.90. The van der Waals surface area contributed by atoms with Crippen LogP contribution in [0.5, 0.6) is 5.75 Å². The topological polar surface area (TPSA) is 70.2 Å². The Hall–Kier alpha value is -3.12. The highest BCUT2D eigenvalue weighted by Gasteiger charge is 2.24. The summed E-state index contributed by atoms with van der Waals surface area (Å²) in [7, 11) is 1.63. The summed E-state index contributed by atoms with van der Waals surface area (Å²) in [5.74, 6) is 0.700. The van der Waals surface area contributed by atoms with Crippen LogP contribution in [-0.4, -0.2) is 47.2 Å². The lowest BCUT2D eigenvalue weighted by molar-refractivity contribution is -0.121. The second-order valence-corrected chi connectivity index (χ2v) is 7.15. The van der Waals surface area contributed by atoms with Gasteiger partial charge in [0.25, 0.3) is 0 Å². The van der Waals surface area contributed by atoms with Crippen molar-refractivity contribution in [2.45, 2.75) is 32.7 Å². The molecule has 6 nitrogen and oxygen atoms in total. The van der Waals surface area contributed by atoms with Crippen LogP contribution < -0.4 is 10.1 Å². The van der Waals surface area contributed by atoms with Crippen LogP contribution in [-0.2, 0) is 11.2 Å². The van der Waals surface area contributed by atoms with Crippen LogP contribution in [0.1, 0.15) is 25.8 Å². The number of aryl methyl sites for hydroxylation is 1. The maximum Gasteiger partial charge on any atom is 0.241 e. The molecular formula is C24H30N4O2. The average molecular weight is 407 g/mol. The van der Waals surface area contributed by atoms with E-state index in [1.54, 1.807) is 13.3 Å². The summed E-state index contributed by atoms with van der Waals surface area (Å²) in [4.78, 5) is 15.4. The third-order valence-corrected chi connectivity index (χ3v) is 5.38. The van der Waals surface area contributed by atoms with E-state index in [1.165, 1.54) is 5.56 Å². The molecule has 0 saturated heterocycles. The molecule has 0 aliphatic carbocycles. The SMILES string of the molecule is CCN(CC)C(CCc1ccccc1)C(=O)Nc1ccc(-c2cn[nH]c2)c(OC)c1. The van der Waals surface area contributed by atoms with Gasteiger partial charge in [0.15, 0.2) is 0 Å². The van der Waals surface area contributed by atoms with E-state index in [0.29, 0.717) is 5.75 Å². The number of nitrogens with one attached hydrogen (secondary N) is 2. The monoisotopic (exact) mass is 406 g/mol. The van der Waals surface area contributed by atoms with E-state index < -0.39 is 0 Å². The highest BCUT2D eigenvalue weighted by Crippen LogP contribution is 2.32. The largest absolute Gasteiger partial charge is 0.496 e. The third kappa shape index (κ3) is 5.27. The Morgan fingerprint density at radius 1 is 1.17 bits per heavy atom. The zero-order chi connectivity index (χ0) is 21.3. The lowest BCUT2D eigenvalue weighted by atomic mass is 10.0. The predicted octanol–water partition coefficient (Wildman–Crippen LogP) is 4.37. The minimum atomic E-state index is -0.195. The number of H-pyrrole nitrogens is 1. The normalized spacial score (nSPS) is 12.0. The number of rotatable bonds is 10. The Morgan fingerprint density at radius 2 is 1.93 bits per heavy atom. The smallest absolute Gasteiger partial charge is 0.241 e. The number of carbonyl (C=O) groups is 1. The zero-order valence-corrected chi connectivity index (χ0v) is 17.9. The van der Waals surface area contributed by atoms with E-state index in [0.717, 1.165) is 42.7 Å². The van der Waals surface area contributed by atoms with Gasteiger partial charge in [0, 0.05) is 29.1 Å². The van der Waals surface area contributed by atoms with Crippen molar-refractivity contribution in [1.29, 1.82) is 0 Å². The van der Waals surface area contributed by atoms with Crippen molar-refractivity contribution in [3.8, 4) is 16.9 Å². The van der Waals surface area contributed by atoms with Gasteiger partial charge in [-0.05, 0) is 43.6 Å². The lowest BCUT2D eigenvalue weighted by Gasteiger charge is -2.29. The molecule has 6 heteroatoms. The number of hydrogen-bond acceptors (Lipinski definition) is 4. The first-order valence-electron chi connectivity index (χ1n) is 10.4. The van der Waals surface area contributed by atoms with Crippen molar-refractivity contribution in [3.05, 3.63) is 66.5 Å². The molecule has 1 aromatic heterocycles. The summed E-state index contributed by atoms with van der Waals surface area (Å²) >= 11 is 0. The molecule has 0 spiro atoms. The molecule has 30 heavy (non-hydrogen) atoms. The molecule has 1 amide bonds. The summed E-state index contributed by atoms with van der Waals surface area (Å²) in [6.45, 7) is 5.84. The van der Waals surface area contributed by atoms with Gasteiger partial charge in [-0.15, -0.1) is 0 Å². The number of nitrogens with zero attached hydrogens (tertiary/aromatic N) is 2. The maximum atomic E-state index is 13.2. The molecule has 158 valence electrons. The first-order chi connectivity index (χ1) is 14.7. The number of likely N-dealkylation sites (N-methyl/N-ethyl adjacent to an activating group) is 1. The molecule has 1 atom stereocenters. The lowest BCUT2D eigenvalue weighted by Crippen LogP contribution is -2.44. The molecule has 0 saturated carbocycles. The Balaban J connectivity index is 1.75. The van der Waals surface area contributed by atoms with Gasteiger partial charge in [-0.3, -0.25) is 14.8 Å². The summed E-state index contributed by atoms with van der Waals surface area (Å²) in [5.41, 5.74) is 3.83. The van der Waals surface area contributed by atoms with Crippen LogP contribution in [0.4, 0.5) is 5.69 Å². The van der Waals surface area contributed by atoms with Crippen LogP contribution in [0.3, 0.4) is 0 Å². The van der Waals surface area contributed by atoms with Gasteiger partial charge in [0.1, 0.15) is 5.75 Å². The van der Waals surface area contributed by atoms with E-state index in [4.69, 9.17) is 4.74 Å². The van der Waals surface area contributed by atoms with E-state index in [-0.39, 0.29) is 11.9 Å². The Morgan fingerprint density at radius 3 is 2.57 bits per heavy atom. The summed E-state index contributed by atoms with van der Waals surface area (Å²) in [6.07, 6.45) is 5.19.